The first-order valence-corrected chi connectivity index (χ1v) is 5.71. The van der Waals surface area contributed by atoms with Crippen LogP contribution in [0.3, 0.4) is 0 Å². The Labute approximate surface area is 91.8 Å². The molecular formula is C11H22N2O2. The molecule has 15 heavy (non-hydrogen) atoms. The molecule has 2 unspecified atom stereocenters. The number of carboxylic acid groups (broad SMARTS) is 1. The van der Waals surface area contributed by atoms with Gasteiger partial charge in [0, 0.05) is 0 Å². The summed E-state index contributed by atoms with van der Waals surface area (Å²) in [4.78, 5) is 10.5. The summed E-state index contributed by atoms with van der Waals surface area (Å²) < 4.78 is 0. The molecule has 0 saturated heterocycles. The number of azo groups is 1. The van der Waals surface area contributed by atoms with Crippen LogP contribution in [0.2, 0.25) is 0 Å². The van der Waals surface area contributed by atoms with Crippen LogP contribution in [-0.4, -0.2) is 23.7 Å². The van der Waals surface area contributed by atoms with E-state index in [-0.39, 0.29) is 0 Å². The molecule has 0 radical (unpaired) electrons. The predicted octanol–water partition coefficient (Wildman–Crippen LogP) is 3.13. The largest absolute Gasteiger partial charge is 0.480 e. The molecule has 0 fully saturated rings. The SMILES string of the molecule is CCCCC(CC)CN=NC(C)C(=O)O. The summed E-state index contributed by atoms with van der Waals surface area (Å²) in [6, 6.07) is -0.714. The molecule has 0 aliphatic rings. The molecule has 0 bridgehead atoms. The van der Waals surface area contributed by atoms with E-state index in [2.05, 4.69) is 24.1 Å². The van der Waals surface area contributed by atoms with Crippen molar-refractivity contribution in [2.24, 2.45) is 16.1 Å². The van der Waals surface area contributed by atoms with Gasteiger partial charge in [-0.15, -0.1) is 0 Å². The van der Waals surface area contributed by atoms with Gasteiger partial charge in [0.1, 0.15) is 0 Å². The molecule has 0 aliphatic carbocycles. The molecule has 0 amide bonds. The summed E-state index contributed by atoms with van der Waals surface area (Å²) in [5.74, 6) is -0.366. The molecular weight excluding hydrogens is 192 g/mol. The Hall–Kier alpha value is -0.930. The lowest BCUT2D eigenvalue weighted by Gasteiger charge is -2.10. The second kappa shape index (κ2) is 8.38. The molecule has 0 aromatic carbocycles. The topological polar surface area (TPSA) is 62.0 Å². The highest BCUT2D eigenvalue weighted by atomic mass is 16.4. The lowest BCUT2D eigenvalue weighted by Crippen LogP contribution is -2.12. The van der Waals surface area contributed by atoms with Crippen molar-refractivity contribution in [1.82, 2.24) is 0 Å². The second-order valence-electron chi connectivity index (χ2n) is 3.87. The number of nitrogens with zero attached hydrogens (tertiary/aromatic N) is 2. The standard InChI is InChI=1S/C11H22N2O2/c1-4-6-7-10(5-2)8-12-13-9(3)11(14)15/h9-10H,4-8H2,1-3H3,(H,14,15). The van der Waals surface area contributed by atoms with Crippen LogP contribution in [0.25, 0.3) is 0 Å². The maximum Gasteiger partial charge on any atom is 0.330 e. The van der Waals surface area contributed by atoms with Gasteiger partial charge in [0.05, 0.1) is 6.54 Å². The maximum absolute atomic E-state index is 10.5. The van der Waals surface area contributed by atoms with Crippen LogP contribution in [0, 0.1) is 5.92 Å². The third kappa shape index (κ3) is 7.05. The van der Waals surface area contributed by atoms with E-state index in [4.69, 9.17) is 5.11 Å². The molecule has 4 heteroatoms. The third-order valence-corrected chi connectivity index (χ3v) is 2.50. The minimum atomic E-state index is -0.916. The van der Waals surface area contributed by atoms with Crippen molar-refractivity contribution in [1.29, 1.82) is 0 Å². The minimum Gasteiger partial charge on any atom is -0.480 e. The quantitative estimate of drug-likeness (QED) is 0.631. The highest BCUT2D eigenvalue weighted by Gasteiger charge is 2.09. The Morgan fingerprint density at radius 3 is 2.53 bits per heavy atom. The number of unbranched alkanes of at least 4 members (excludes halogenated alkanes) is 1. The molecule has 88 valence electrons. The summed E-state index contributed by atoms with van der Waals surface area (Å²) in [5, 5.41) is 16.3. The summed E-state index contributed by atoms with van der Waals surface area (Å²) >= 11 is 0. The van der Waals surface area contributed by atoms with E-state index in [9.17, 15) is 4.79 Å². The molecule has 4 nitrogen and oxygen atoms in total. The molecule has 0 saturated carbocycles. The van der Waals surface area contributed by atoms with Crippen molar-refractivity contribution >= 4 is 5.97 Å². The minimum absolute atomic E-state index is 0.551. The van der Waals surface area contributed by atoms with Crippen molar-refractivity contribution in [2.45, 2.75) is 52.5 Å². The summed E-state index contributed by atoms with van der Waals surface area (Å²) in [5.41, 5.74) is 0. The van der Waals surface area contributed by atoms with Crippen molar-refractivity contribution < 1.29 is 9.90 Å². The molecule has 1 N–H and O–H groups in total. The zero-order valence-electron chi connectivity index (χ0n) is 9.94. The van der Waals surface area contributed by atoms with E-state index in [0.29, 0.717) is 12.5 Å². The number of aliphatic carboxylic acids is 1. The first-order valence-electron chi connectivity index (χ1n) is 5.71. The second-order valence-corrected chi connectivity index (χ2v) is 3.87. The Kier molecular flexibility index (Phi) is 7.86. The number of rotatable bonds is 8. The highest BCUT2D eigenvalue weighted by Crippen LogP contribution is 2.13. The van der Waals surface area contributed by atoms with Gasteiger partial charge in [0.2, 0.25) is 0 Å². The molecule has 0 aromatic rings. The van der Waals surface area contributed by atoms with Gasteiger partial charge in [-0.05, 0) is 19.3 Å². The van der Waals surface area contributed by atoms with E-state index in [1.165, 1.54) is 12.8 Å². The summed E-state index contributed by atoms with van der Waals surface area (Å²) in [7, 11) is 0. The van der Waals surface area contributed by atoms with Gasteiger partial charge >= 0.3 is 5.97 Å². The van der Waals surface area contributed by atoms with Crippen LogP contribution in [0.15, 0.2) is 10.2 Å². The molecule has 0 spiro atoms. The van der Waals surface area contributed by atoms with Gasteiger partial charge in [0.15, 0.2) is 6.04 Å². The fourth-order valence-corrected chi connectivity index (χ4v) is 1.25. The number of carboxylic acids is 1. The number of hydrogen-bond donors (Lipinski definition) is 1. The number of carbonyl (C=O) groups is 1. The van der Waals surface area contributed by atoms with Gasteiger partial charge in [0.25, 0.3) is 0 Å². The Bertz CT molecular complexity index is 205. The Morgan fingerprint density at radius 1 is 1.40 bits per heavy atom. The van der Waals surface area contributed by atoms with Gasteiger partial charge in [-0.3, -0.25) is 0 Å². The summed E-state index contributed by atoms with van der Waals surface area (Å²) in [6.07, 6.45) is 4.65. The van der Waals surface area contributed by atoms with Crippen molar-refractivity contribution in [3.63, 3.8) is 0 Å². The van der Waals surface area contributed by atoms with Crippen molar-refractivity contribution in [2.75, 3.05) is 6.54 Å². The van der Waals surface area contributed by atoms with Gasteiger partial charge in [-0.1, -0.05) is 33.1 Å². The van der Waals surface area contributed by atoms with E-state index in [1.54, 1.807) is 6.92 Å². The highest BCUT2D eigenvalue weighted by molar-refractivity contribution is 5.72. The molecule has 0 rings (SSSR count). The third-order valence-electron chi connectivity index (χ3n) is 2.50. The Balaban J connectivity index is 3.83. The van der Waals surface area contributed by atoms with Crippen LogP contribution >= 0.6 is 0 Å². The van der Waals surface area contributed by atoms with Crippen molar-refractivity contribution in [3.05, 3.63) is 0 Å². The summed E-state index contributed by atoms with van der Waals surface area (Å²) in [6.45, 7) is 6.50. The monoisotopic (exact) mass is 214 g/mol. The lowest BCUT2D eigenvalue weighted by molar-refractivity contribution is -0.138. The molecule has 0 heterocycles. The van der Waals surface area contributed by atoms with E-state index in [1.807, 2.05) is 0 Å². The molecule has 0 aliphatic heterocycles. The predicted molar refractivity (Wildman–Crippen MR) is 60.1 cm³/mol. The van der Waals surface area contributed by atoms with E-state index < -0.39 is 12.0 Å². The van der Waals surface area contributed by atoms with Crippen LogP contribution in [0.5, 0.6) is 0 Å². The smallest absolute Gasteiger partial charge is 0.330 e. The first-order chi connectivity index (χ1) is 7.11. The van der Waals surface area contributed by atoms with Crippen LogP contribution in [0.4, 0.5) is 0 Å². The maximum atomic E-state index is 10.5. The van der Waals surface area contributed by atoms with E-state index in [0.717, 1.165) is 12.8 Å². The average molecular weight is 214 g/mol. The average Bonchev–Trinajstić information content (AvgIpc) is 2.22. The number of hydrogen-bond acceptors (Lipinski definition) is 3. The van der Waals surface area contributed by atoms with Crippen LogP contribution in [-0.2, 0) is 4.79 Å². The fraction of sp³-hybridized carbons (Fsp3) is 0.909. The fourth-order valence-electron chi connectivity index (χ4n) is 1.25. The zero-order valence-corrected chi connectivity index (χ0v) is 9.94. The molecule has 2 atom stereocenters. The van der Waals surface area contributed by atoms with Crippen LogP contribution in [0.1, 0.15) is 46.5 Å². The van der Waals surface area contributed by atoms with Crippen LogP contribution < -0.4 is 0 Å². The first kappa shape index (κ1) is 14.1. The van der Waals surface area contributed by atoms with Crippen molar-refractivity contribution in [3.8, 4) is 0 Å². The normalized spacial score (nSPS) is 15.4. The van der Waals surface area contributed by atoms with Gasteiger partial charge in [-0.2, -0.15) is 10.2 Å². The Morgan fingerprint density at radius 2 is 2.07 bits per heavy atom. The van der Waals surface area contributed by atoms with E-state index >= 15 is 0 Å². The molecule has 0 aromatic heterocycles. The van der Waals surface area contributed by atoms with Gasteiger partial charge < -0.3 is 5.11 Å². The van der Waals surface area contributed by atoms with Gasteiger partial charge in [-0.25, -0.2) is 4.79 Å². The lowest BCUT2D eigenvalue weighted by atomic mass is 10.00. The zero-order chi connectivity index (χ0) is 11.7.